The van der Waals surface area contributed by atoms with Crippen LogP contribution in [-0.2, 0) is 4.74 Å². The highest BCUT2D eigenvalue weighted by atomic mass is 16.5. The highest BCUT2D eigenvalue weighted by Crippen LogP contribution is 2.21. The molecule has 0 bridgehead atoms. The molecule has 1 aliphatic carbocycles. The van der Waals surface area contributed by atoms with Gasteiger partial charge in [0.1, 0.15) is 6.61 Å². The Kier molecular flexibility index (Phi) is 3.65. The van der Waals surface area contributed by atoms with Crippen molar-refractivity contribution in [2.45, 2.75) is 26.2 Å². The molecule has 0 aromatic heterocycles. The van der Waals surface area contributed by atoms with E-state index in [4.69, 9.17) is 4.74 Å². The summed E-state index contributed by atoms with van der Waals surface area (Å²) in [7, 11) is 0. The first-order valence-corrected chi connectivity index (χ1v) is 4.39. The zero-order valence-electron chi connectivity index (χ0n) is 7.68. The third-order valence-electron chi connectivity index (χ3n) is 2.02. The average molecular weight is 164 g/mol. The van der Waals surface area contributed by atoms with Gasteiger partial charge in [0.05, 0.1) is 6.26 Å². The summed E-state index contributed by atoms with van der Waals surface area (Å²) in [6, 6.07) is 0. The third-order valence-corrected chi connectivity index (χ3v) is 2.02. The predicted octanol–water partition coefficient (Wildman–Crippen LogP) is 3.20. The highest BCUT2D eigenvalue weighted by Gasteiger charge is 2.03. The minimum absolute atomic E-state index is 0.617. The Balaban J connectivity index is 2.34. The van der Waals surface area contributed by atoms with E-state index in [2.05, 4.69) is 19.6 Å². The highest BCUT2D eigenvalue weighted by molar-refractivity contribution is 5.16. The van der Waals surface area contributed by atoms with E-state index in [1.165, 1.54) is 17.6 Å². The van der Waals surface area contributed by atoms with Crippen LogP contribution in [0, 0.1) is 0 Å². The fraction of sp³-hybridized carbons (Fsp3) is 0.455. The van der Waals surface area contributed by atoms with Crippen LogP contribution in [0.2, 0.25) is 0 Å². The number of hydrogen-bond donors (Lipinski definition) is 0. The lowest BCUT2D eigenvalue weighted by Crippen LogP contribution is -1.93. The van der Waals surface area contributed by atoms with E-state index in [1.54, 1.807) is 6.08 Å². The summed E-state index contributed by atoms with van der Waals surface area (Å²) in [6.07, 6.45) is 9.31. The maximum absolute atomic E-state index is 5.25. The lowest BCUT2D eigenvalue weighted by atomic mass is 9.97. The van der Waals surface area contributed by atoms with Crippen LogP contribution in [0.5, 0.6) is 0 Å². The Morgan fingerprint density at radius 3 is 3.00 bits per heavy atom. The molecule has 0 aromatic carbocycles. The fourth-order valence-corrected chi connectivity index (χ4v) is 1.21. The Morgan fingerprint density at radius 1 is 1.58 bits per heavy atom. The number of hydrogen-bond acceptors (Lipinski definition) is 1. The van der Waals surface area contributed by atoms with Gasteiger partial charge in [-0.3, -0.25) is 0 Å². The molecule has 0 spiro atoms. The van der Waals surface area contributed by atoms with Gasteiger partial charge in [-0.25, -0.2) is 0 Å². The number of ether oxygens (including phenoxy) is 1. The quantitative estimate of drug-likeness (QED) is 0.353. The van der Waals surface area contributed by atoms with Crippen molar-refractivity contribution in [1.82, 2.24) is 0 Å². The van der Waals surface area contributed by atoms with Crippen LogP contribution in [-0.4, -0.2) is 6.61 Å². The standard InChI is InChI=1S/C11H16O/c1-3-8-12-9-11-6-4-10(2)5-7-11/h3-4,9H,1,5-8H2,2H3/b11-9+. The minimum atomic E-state index is 0.617. The molecule has 0 unspecified atom stereocenters. The van der Waals surface area contributed by atoms with E-state index in [9.17, 15) is 0 Å². The minimum Gasteiger partial charge on any atom is -0.497 e. The van der Waals surface area contributed by atoms with Crippen LogP contribution >= 0.6 is 0 Å². The molecule has 0 radical (unpaired) electrons. The summed E-state index contributed by atoms with van der Waals surface area (Å²) >= 11 is 0. The van der Waals surface area contributed by atoms with Crippen molar-refractivity contribution < 1.29 is 4.74 Å². The molecular formula is C11H16O. The topological polar surface area (TPSA) is 9.23 Å². The molecule has 0 aliphatic heterocycles. The third kappa shape index (κ3) is 2.95. The van der Waals surface area contributed by atoms with Gasteiger partial charge in [-0.2, -0.15) is 0 Å². The Labute approximate surface area is 74.4 Å². The van der Waals surface area contributed by atoms with Crippen LogP contribution in [0.15, 0.2) is 36.1 Å². The van der Waals surface area contributed by atoms with Crippen molar-refractivity contribution in [2.75, 3.05) is 6.61 Å². The molecule has 66 valence electrons. The van der Waals surface area contributed by atoms with Crippen molar-refractivity contribution in [1.29, 1.82) is 0 Å². The molecule has 1 nitrogen and oxygen atoms in total. The normalized spacial score (nSPS) is 20.4. The molecule has 0 fully saturated rings. The SMILES string of the molecule is C=CCO/C=C1\CC=C(C)CC1. The molecule has 1 heteroatoms. The van der Waals surface area contributed by atoms with Gasteiger partial charge in [-0.15, -0.1) is 0 Å². The molecule has 0 saturated carbocycles. The maximum Gasteiger partial charge on any atom is 0.105 e. The lowest BCUT2D eigenvalue weighted by Gasteiger charge is -2.11. The van der Waals surface area contributed by atoms with Crippen LogP contribution < -0.4 is 0 Å². The molecule has 0 aromatic rings. The molecule has 0 amide bonds. The largest absolute Gasteiger partial charge is 0.497 e. The molecule has 12 heavy (non-hydrogen) atoms. The Morgan fingerprint density at radius 2 is 2.42 bits per heavy atom. The molecule has 0 heterocycles. The zero-order valence-corrected chi connectivity index (χ0v) is 7.68. The van der Waals surface area contributed by atoms with E-state index in [-0.39, 0.29) is 0 Å². The summed E-state index contributed by atoms with van der Waals surface area (Å²) in [5, 5.41) is 0. The summed E-state index contributed by atoms with van der Waals surface area (Å²) in [5.74, 6) is 0. The van der Waals surface area contributed by atoms with E-state index < -0.39 is 0 Å². The summed E-state index contributed by atoms with van der Waals surface area (Å²) in [4.78, 5) is 0. The van der Waals surface area contributed by atoms with Crippen molar-refractivity contribution in [2.24, 2.45) is 0 Å². The summed E-state index contributed by atoms with van der Waals surface area (Å²) in [6.45, 7) is 6.39. The second-order valence-electron chi connectivity index (χ2n) is 3.15. The van der Waals surface area contributed by atoms with Gasteiger partial charge in [0.15, 0.2) is 0 Å². The van der Waals surface area contributed by atoms with Gasteiger partial charge >= 0.3 is 0 Å². The zero-order chi connectivity index (χ0) is 8.81. The maximum atomic E-state index is 5.25. The fourth-order valence-electron chi connectivity index (χ4n) is 1.21. The Hall–Kier alpha value is -0.980. The molecular weight excluding hydrogens is 148 g/mol. The van der Waals surface area contributed by atoms with Crippen molar-refractivity contribution in [3.05, 3.63) is 36.1 Å². The van der Waals surface area contributed by atoms with E-state index in [0.29, 0.717) is 6.61 Å². The second-order valence-corrected chi connectivity index (χ2v) is 3.15. The van der Waals surface area contributed by atoms with Gasteiger partial charge in [-0.05, 0) is 31.8 Å². The van der Waals surface area contributed by atoms with Gasteiger partial charge in [0.2, 0.25) is 0 Å². The molecule has 0 saturated heterocycles. The molecule has 1 aliphatic rings. The Bertz CT molecular complexity index is 211. The van der Waals surface area contributed by atoms with Gasteiger partial charge < -0.3 is 4.74 Å². The monoisotopic (exact) mass is 164 g/mol. The first kappa shape index (κ1) is 9.11. The summed E-state index contributed by atoms with van der Waals surface area (Å²) < 4.78 is 5.25. The molecule has 1 rings (SSSR count). The van der Waals surface area contributed by atoms with Crippen molar-refractivity contribution in [3.8, 4) is 0 Å². The second kappa shape index (κ2) is 4.81. The van der Waals surface area contributed by atoms with Crippen molar-refractivity contribution in [3.63, 3.8) is 0 Å². The number of rotatable bonds is 3. The van der Waals surface area contributed by atoms with Gasteiger partial charge in [0, 0.05) is 0 Å². The van der Waals surface area contributed by atoms with Crippen LogP contribution in [0.1, 0.15) is 26.2 Å². The molecule has 0 atom stereocenters. The first-order valence-electron chi connectivity index (χ1n) is 4.39. The van der Waals surface area contributed by atoms with Crippen LogP contribution in [0.4, 0.5) is 0 Å². The smallest absolute Gasteiger partial charge is 0.105 e. The van der Waals surface area contributed by atoms with E-state index in [0.717, 1.165) is 12.8 Å². The lowest BCUT2D eigenvalue weighted by molar-refractivity contribution is 0.284. The predicted molar refractivity (Wildman–Crippen MR) is 51.8 cm³/mol. The van der Waals surface area contributed by atoms with Crippen LogP contribution in [0.25, 0.3) is 0 Å². The van der Waals surface area contributed by atoms with Crippen LogP contribution in [0.3, 0.4) is 0 Å². The summed E-state index contributed by atoms with van der Waals surface area (Å²) in [5.41, 5.74) is 2.89. The van der Waals surface area contributed by atoms with Gasteiger partial charge in [0.25, 0.3) is 0 Å². The van der Waals surface area contributed by atoms with E-state index in [1.807, 2.05) is 6.26 Å². The van der Waals surface area contributed by atoms with Gasteiger partial charge in [-0.1, -0.05) is 24.3 Å². The number of allylic oxidation sites excluding steroid dienone is 3. The van der Waals surface area contributed by atoms with Crippen molar-refractivity contribution >= 4 is 0 Å². The molecule has 0 N–H and O–H groups in total. The van der Waals surface area contributed by atoms with E-state index >= 15 is 0 Å². The first-order chi connectivity index (χ1) is 5.83. The average Bonchev–Trinajstić information content (AvgIpc) is 2.09.